The zero-order chi connectivity index (χ0) is 12.1. The Morgan fingerprint density at radius 2 is 1.94 bits per heavy atom. The predicted octanol–water partition coefficient (Wildman–Crippen LogP) is 2.20. The molecule has 1 unspecified atom stereocenters. The van der Waals surface area contributed by atoms with E-state index in [1.165, 1.54) is 5.56 Å². The maximum atomic E-state index is 9.59. The second kappa shape index (κ2) is 6.03. The zero-order valence-corrected chi connectivity index (χ0v) is 10.3. The Kier molecular flexibility index (Phi) is 4.40. The van der Waals surface area contributed by atoms with Gasteiger partial charge in [0.2, 0.25) is 0 Å². The average molecular weight is 236 g/mol. The highest BCUT2D eigenvalue weighted by Gasteiger charge is 2.24. The summed E-state index contributed by atoms with van der Waals surface area (Å²) in [6.45, 7) is 1.84. The number of methoxy groups -OCH3 is 1. The van der Waals surface area contributed by atoms with E-state index in [0.29, 0.717) is 5.92 Å². The van der Waals surface area contributed by atoms with E-state index in [4.69, 9.17) is 9.47 Å². The van der Waals surface area contributed by atoms with Crippen LogP contribution in [0.15, 0.2) is 24.3 Å². The molecule has 0 bridgehead atoms. The van der Waals surface area contributed by atoms with Gasteiger partial charge < -0.3 is 14.6 Å². The van der Waals surface area contributed by atoms with E-state index >= 15 is 0 Å². The fraction of sp³-hybridized carbons (Fsp3) is 0.571. The molecule has 1 atom stereocenters. The molecule has 1 fully saturated rings. The van der Waals surface area contributed by atoms with Crippen LogP contribution in [0.5, 0.6) is 5.75 Å². The highest BCUT2D eigenvalue weighted by atomic mass is 16.5. The summed E-state index contributed by atoms with van der Waals surface area (Å²) >= 11 is 0. The van der Waals surface area contributed by atoms with Crippen molar-refractivity contribution in [2.75, 3.05) is 26.9 Å². The molecule has 1 heterocycles. The Bertz CT molecular complexity index is 328. The number of benzene rings is 1. The number of rotatable bonds is 4. The van der Waals surface area contributed by atoms with Crippen LogP contribution in [0.1, 0.15) is 24.3 Å². The molecule has 17 heavy (non-hydrogen) atoms. The molecule has 1 aliphatic rings. The van der Waals surface area contributed by atoms with Gasteiger partial charge in [0, 0.05) is 19.1 Å². The lowest BCUT2D eigenvalue weighted by molar-refractivity contribution is 0.0493. The monoisotopic (exact) mass is 236 g/mol. The molecule has 0 spiro atoms. The fourth-order valence-electron chi connectivity index (χ4n) is 2.50. The summed E-state index contributed by atoms with van der Waals surface area (Å²) in [6.07, 6.45) is 2.08. The van der Waals surface area contributed by atoms with Crippen LogP contribution < -0.4 is 4.74 Å². The molecule has 1 N–H and O–H groups in total. The first-order valence-corrected chi connectivity index (χ1v) is 6.17. The molecule has 94 valence electrons. The van der Waals surface area contributed by atoms with Gasteiger partial charge in [-0.05, 0) is 36.5 Å². The van der Waals surface area contributed by atoms with Gasteiger partial charge in [-0.15, -0.1) is 0 Å². The predicted molar refractivity (Wildman–Crippen MR) is 66.4 cm³/mol. The van der Waals surface area contributed by atoms with Crippen LogP contribution in [0.2, 0.25) is 0 Å². The summed E-state index contributed by atoms with van der Waals surface area (Å²) in [4.78, 5) is 0. The second-order valence-corrected chi connectivity index (χ2v) is 4.51. The molecule has 1 aromatic carbocycles. The maximum Gasteiger partial charge on any atom is 0.118 e. The third-order valence-corrected chi connectivity index (χ3v) is 3.58. The van der Waals surface area contributed by atoms with Crippen molar-refractivity contribution < 1.29 is 14.6 Å². The molecule has 3 nitrogen and oxygen atoms in total. The molecule has 0 aromatic heterocycles. The fourth-order valence-corrected chi connectivity index (χ4v) is 2.50. The number of aliphatic hydroxyl groups excluding tert-OH is 1. The molecule has 0 amide bonds. The smallest absolute Gasteiger partial charge is 0.118 e. The first-order chi connectivity index (χ1) is 8.35. The topological polar surface area (TPSA) is 38.7 Å². The summed E-state index contributed by atoms with van der Waals surface area (Å²) in [5.74, 6) is 1.62. The Morgan fingerprint density at radius 1 is 1.29 bits per heavy atom. The summed E-state index contributed by atoms with van der Waals surface area (Å²) in [7, 11) is 1.66. The van der Waals surface area contributed by atoms with Gasteiger partial charge in [-0.25, -0.2) is 0 Å². The first kappa shape index (κ1) is 12.4. The van der Waals surface area contributed by atoms with Crippen molar-refractivity contribution >= 4 is 0 Å². The number of hydrogen-bond acceptors (Lipinski definition) is 3. The van der Waals surface area contributed by atoms with Crippen LogP contribution in [0.4, 0.5) is 0 Å². The number of aliphatic hydroxyl groups is 1. The van der Waals surface area contributed by atoms with Crippen molar-refractivity contribution in [1.82, 2.24) is 0 Å². The van der Waals surface area contributed by atoms with Crippen molar-refractivity contribution in [2.24, 2.45) is 5.92 Å². The van der Waals surface area contributed by atoms with Crippen molar-refractivity contribution in [3.63, 3.8) is 0 Å². The Labute approximate surface area is 102 Å². The lowest BCUT2D eigenvalue weighted by atomic mass is 9.82. The van der Waals surface area contributed by atoms with Crippen molar-refractivity contribution in [1.29, 1.82) is 0 Å². The van der Waals surface area contributed by atoms with Gasteiger partial charge in [0.1, 0.15) is 5.75 Å². The summed E-state index contributed by atoms with van der Waals surface area (Å²) in [5.41, 5.74) is 1.19. The van der Waals surface area contributed by atoms with Crippen LogP contribution >= 0.6 is 0 Å². The Hall–Kier alpha value is -1.06. The lowest BCUT2D eigenvalue weighted by Crippen LogP contribution is -2.24. The first-order valence-electron chi connectivity index (χ1n) is 6.17. The van der Waals surface area contributed by atoms with E-state index in [2.05, 4.69) is 12.1 Å². The largest absolute Gasteiger partial charge is 0.497 e. The molecule has 0 aliphatic carbocycles. The van der Waals surface area contributed by atoms with E-state index in [0.717, 1.165) is 31.8 Å². The van der Waals surface area contributed by atoms with Crippen LogP contribution in [0.3, 0.4) is 0 Å². The van der Waals surface area contributed by atoms with Crippen molar-refractivity contribution in [2.45, 2.75) is 18.8 Å². The normalized spacial score (nSPS) is 18.9. The molecule has 3 heteroatoms. The van der Waals surface area contributed by atoms with Crippen LogP contribution in [-0.2, 0) is 4.74 Å². The number of ether oxygens (including phenoxy) is 2. The van der Waals surface area contributed by atoms with Gasteiger partial charge in [0.05, 0.1) is 13.7 Å². The van der Waals surface area contributed by atoms with Crippen molar-refractivity contribution in [3.8, 4) is 5.75 Å². The quantitative estimate of drug-likeness (QED) is 0.871. The van der Waals surface area contributed by atoms with E-state index in [9.17, 15) is 5.11 Å². The highest BCUT2D eigenvalue weighted by Crippen LogP contribution is 2.32. The third-order valence-electron chi connectivity index (χ3n) is 3.58. The molecular formula is C14H20O3. The molecule has 1 aromatic rings. The minimum absolute atomic E-state index is 0.205. The number of hydrogen-bond donors (Lipinski definition) is 1. The van der Waals surface area contributed by atoms with Crippen molar-refractivity contribution in [3.05, 3.63) is 29.8 Å². The maximum absolute atomic E-state index is 9.59. The summed E-state index contributed by atoms with van der Waals surface area (Å²) in [5, 5.41) is 9.59. The highest BCUT2D eigenvalue weighted by molar-refractivity contribution is 5.29. The molecule has 1 aliphatic heterocycles. The second-order valence-electron chi connectivity index (χ2n) is 4.51. The third kappa shape index (κ3) is 2.99. The summed E-state index contributed by atoms with van der Waals surface area (Å²) in [6, 6.07) is 8.01. The van der Waals surface area contributed by atoms with E-state index < -0.39 is 0 Å². The van der Waals surface area contributed by atoms with E-state index in [1.807, 2.05) is 12.1 Å². The van der Waals surface area contributed by atoms with Gasteiger partial charge in [0.25, 0.3) is 0 Å². The SMILES string of the molecule is COc1ccc(C(CO)C2CCOCC2)cc1. The lowest BCUT2D eigenvalue weighted by Gasteiger charge is -2.29. The summed E-state index contributed by atoms with van der Waals surface area (Å²) < 4.78 is 10.5. The molecular weight excluding hydrogens is 216 g/mol. The Morgan fingerprint density at radius 3 is 2.47 bits per heavy atom. The average Bonchev–Trinajstić information content (AvgIpc) is 2.42. The van der Waals surface area contributed by atoms with Gasteiger partial charge in [-0.2, -0.15) is 0 Å². The minimum atomic E-state index is 0.205. The van der Waals surface area contributed by atoms with E-state index in [1.54, 1.807) is 7.11 Å². The van der Waals surface area contributed by atoms with Gasteiger partial charge in [-0.3, -0.25) is 0 Å². The standard InChI is InChI=1S/C14H20O3/c1-16-13-4-2-11(3-5-13)14(10-15)12-6-8-17-9-7-12/h2-5,12,14-15H,6-10H2,1H3. The minimum Gasteiger partial charge on any atom is -0.497 e. The molecule has 0 saturated carbocycles. The van der Waals surface area contributed by atoms with Gasteiger partial charge >= 0.3 is 0 Å². The van der Waals surface area contributed by atoms with Gasteiger partial charge in [0.15, 0.2) is 0 Å². The Balaban J connectivity index is 2.10. The molecule has 2 rings (SSSR count). The molecule has 0 radical (unpaired) electrons. The zero-order valence-electron chi connectivity index (χ0n) is 10.3. The van der Waals surface area contributed by atoms with Crippen LogP contribution in [0.25, 0.3) is 0 Å². The molecule has 1 saturated heterocycles. The van der Waals surface area contributed by atoms with Gasteiger partial charge in [-0.1, -0.05) is 12.1 Å². The van der Waals surface area contributed by atoms with E-state index in [-0.39, 0.29) is 12.5 Å². The van der Waals surface area contributed by atoms with Crippen LogP contribution in [-0.4, -0.2) is 32.0 Å². The van der Waals surface area contributed by atoms with Crippen LogP contribution in [0, 0.1) is 5.92 Å².